The average molecular weight is 996 g/mol. The van der Waals surface area contributed by atoms with Crippen molar-refractivity contribution in [2.45, 2.75) is 335 Å². The minimum absolute atomic E-state index is 0.0768. The zero-order chi connectivity index (χ0) is 51.4. The molecule has 0 N–H and O–H groups in total. The zero-order valence-electron chi connectivity index (χ0n) is 47.5. The van der Waals surface area contributed by atoms with Crippen molar-refractivity contribution < 1.29 is 28.6 Å². The van der Waals surface area contributed by atoms with E-state index in [1.807, 2.05) is 0 Å². The number of hydrogen-bond acceptors (Lipinski definition) is 6. The van der Waals surface area contributed by atoms with Gasteiger partial charge in [0, 0.05) is 19.3 Å². The number of unbranched alkanes of at least 4 members (excludes halogenated alkanes) is 38. The molecule has 71 heavy (non-hydrogen) atoms. The van der Waals surface area contributed by atoms with Gasteiger partial charge in [0.25, 0.3) is 0 Å². The molecule has 0 heterocycles. The first kappa shape index (κ1) is 68.4. The molecule has 6 heteroatoms. The van der Waals surface area contributed by atoms with Crippen molar-refractivity contribution in [3.63, 3.8) is 0 Å². The summed E-state index contributed by atoms with van der Waals surface area (Å²) >= 11 is 0. The molecule has 0 spiro atoms. The maximum absolute atomic E-state index is 12.9. The number of hydrogen-bond donors (Lipinski definition) is 0. The van der Waals surface area contributed by atoms with Crippen LogP contribution in [0.3, 0.4) is 0 Å². The fourth-order valence-corrected chi connectivity index (χ4v) is 9.16. The highest BCUT2D eigenvalue weighted by molar-refractivity contribution is 5.71. The van der Waals surface area contributed by atoms with E-state index in [1.165, 1.54) is 193 Å². The molecule has 1 unspecified atom stereocenters. The Bertz CT molecular complexity index is 1230. The van der Waals surface area contributed by atoms with E-state index >= 15 is 0 Å². The van der Waals surface area contributed by atoms with Gasteiger partial charge in [0.2, 0.25) is 0 Å². The minimum atomic E-state index is -0.780. The van der Waals surface area contributed by atoms with E-state index in [-0.39, 0.29) is 31.1 Å². The highest BCUT2D eigenvalue weighted by Gasteiger charge is 2.19. The molecule has 0 bridgehead atoms. The van der Waals surface area contributed by atoms with Gasteiger partial charge in [-0.15, -0.1) is 0 Å². The molecular formula is C65H118O6. The predicted molar refractivity (Wildman–Crippen MR) is 307 cm³/mol. The van der Waals surface area contributed by atoms with Crippen LogP contribution in [0.5, 0.6) is 0 Å². The fourth-order valence-electron chi connectivity index (χ4n) is 9.16. The van der Waals surface area contributed by atoms with E-state index in [0.717, 1.165) is 96.3 Å². The van der Waals surface area contributed by atoms with Crippen LogP contribution in [0, 0.1) is 0 Å². The summed E-state index contributed by atoms with van der Waals surface area (Å²) < 4.78 is 16.9. The summed E-state index contributed by atoms with van der Waals surface area (Å²) in [4.78, 5) is 38.2. The fraction of sp³-hybridized carbons (Fsp3) is 0.831. The van der Waals surface area contributed by atoms with Crippen molar-refractivity contribution in [3.8, 4) is 0 Å². The largest absolute Gasteiger partial charge is 0.462 e. The molecule has 0 aliphatic rings. The Hall–Kier alpha value is -2.63. The van der Waals surface area contributed by atoms with Crippen molar-refractivity contribution >= 4 is 17.9 Å². The van der Waals surface area contributed by atoms with Crippen molar-refractivity contribution in [2.75, 3.05) is 13.2 Å². The molecule has 0 rings (SSSR count). The van der Waals surface area contributed by atoms with Gasteiger partial charge in [0.1, 0.15) is 13.2 Å². The average Bonchev–Trinajstić information content (AvgIpc) is 3.37. The second-order valence-corrected chi connectivity index (χ2v) is 20.9. The van der Waals surface area contributed by atoms with Crippen LogP contribution >= 0.6 is 0 Å². The molecular weight excluding hydrogens is 877 g/mol. The van der Waals surface area contributed by atoms with Crippen LogP contribution in [0.1, 0.15) is 329 Å². The number of allylic oxidation sites excluding steroid dienone is 8. The van der Waals surface area contributed by atoms with Gasteiger partial charge in [-0.05, 0) is 77.0 Å². The number of carbonyl (C=O) groups is 3. The van der Waals surface area contributed by atoms with Gasteiger partial charge < -0.3 is 14.2 Å². The van der Waals surface area contributed by atoms with Crippen LogP contribution in [-0.4, -0.2) is 37.2 Å². The molecule has 0 saturated heterocycles. The van der Waals surface area contributed by atoms with Crippen molar-refractivity contribution in [3.05, 3.63) is 48.6 Å². The van der Waals surface area contributed by atoms with Gasteiger partial charge in [0.15, 0.2) is 6.10 Å². The molecule has 1 atom stereocenters. The zero-order valence-corrected chi connectivity index (χ0v) is 47.5. The third-order valence-electron chi connectivity index (χ3n) is 13.8. The molecule has 0 aliphatic heterocycles. The predicted octanol–water partition coefficient (Wildman–Crippen LogP) is 21.0. The van der Waals surface area contributed by atoms with Gasteiger partial charge in [-0.2, -0.15) is 0 Å². The molecule has 0 fully saturated rings. The molecule has 0 aromatic carbocycles. The smallest absolute Gasteiger partial charge is 0.306 e. The normalized spacial score (nSPS) is 12.3. The first-order chi connectivity index (χ1) is 35.0. The highest BCUT2D eigenvalue weighted by atomic mass is 16.6. The Labute approximate surface area is 441 Å². The lowest BCUT2D eigenvalue weighted by Gasteiger charge is -2.18. The van der Waals surface area contributed by atoms with Gasteiger partial charge in [-0.3, -0.25) is 14.4 Å². The van der Waals surface area contributed by atoms with Crippen LogP contribution in [0.4, 0.5) is 0 Å². The molecule has 0 aromatic rings. The second-order valence-electron chi connectivity index (χ2n) is 20.9. The molecule has 0 radical (unpaired) electrons. The van der Waals surface area contributed by atoms with E-state index in [9.17, 15) is 14.4 Å². The summed E-state index contributed by atoms with van der Waals surface area (Å²) in [6.07, 6.45) is 74.0. The SMILES string of the molecule is CC/C=C\C/C=C\C/C=C\CCCCCCCC(=O)OC(COC(=O)CCCCCCCCCCCCC/C=C\CCCCCCCCCC)COC(=O)CCCCCCCCCCCCCCCCC. The summed E-state index contributed by atoms with van der Waals surface area (Å²) in [7, 11) is 0. The summed E-state index contributed by atoms with van der Waals surface area (Å²) in [6.45, 7) is 6.56. The first-order valence-corrected chi connectivity index (χ1v) is 31.1. The minimum Gasteiger partial charge on any atom is -0.462 e. The lowest BCUT2D eigenvalue weighted by molar-refractivity contribution is -0.167. The quantitative estimate of drug-likeness (QED) is 0.0261. The highest BCUT2D eigenvalue weighted by Crippen LogP contribution is 2.17. The van der Waals surface area contributed by atoms with Gasteiger partial charge in [-0.1, -0.05) is 281 Å². The summed E-state index contributed by atoms with van der Waals surface area (Å²) in [5, 5.41) is 0. The number of esters is 3. The topological polar surface area (TPSA) is 78.9 Å². The molecule has 414 valence electrons. The van der Waals surface area contributed by atoms with Crippen LogP contribution in [-0.2, 0) is 28.6 Å². The number of carbonyl (C=O) groups excluding carboxylic acids is 3. The molecule has 0 aromatic heterocycles. The van der Waals surface area contributed by atoms with Gasteiger partial charge >= 0.3 is 17.9 Å². The Kier molecular flexibility index (Phi) is 57.7. The maximum atomic E-state index is 12.9. The van der Waals surface area contributed by atoms with Crippen LogP contribution in [0.15, 0.2) is 48.6 Å². The van der Waals surface area contributed by atoms with E-state index in [0.29, 0.717) is 19.3 Å². The summed E-state index contributed by atoms with van der Waals surface area (Å²) in [5.74, 6) is -0.876. The van der Waals surface area contributed by atoms with Crippen LogP contribution in [0.2, 0.25) is 0 Å². The van der Waals surface area contributed by atoms with Gasteiger partial charge in [0.05, 0.1) is 0 Å². The Morgan fingerprint density at radius 3 is 0.873 bits per heavy atom. The molecule has 0 amide bonds. The monoisotopic (exact) mass is 995 g/mol. The maximum Gasteiger partial charge on any atom is 0.306 e. The van der Waals surface area contributed by atoms with Crippen molar-refractivity contribution in [1.82, 2.24) is 0 Å². The van der Waals surface area contributed by atoms with Gasteiger partial charge in [-0.25, -0.2) is 0 Å². The number of rotatable bonds is 57. The number of ether oxygens (including phenoxy) is 3. The van der Waals surface area contributed by atoms with E-state index in [1.54, 1.807) is 0 Å². The standard InChI is InChI=1S/C65H118O6/c1-4-7-10-13-16-19-22-25-28-29-30-31-32-33-34-35-38-40-43-46-49-52-55-58-64(67)70-61-62(71-65(68)59-56-53-50-47-44-41-37-27-24-21-18-15-12-9-6-3)60-69-63(66)57-54-51-48-45-42-39-36-26-23-20-17-14-11-8-5-2/h9,12,18,21,27,29-30,37,62H,4-8,10-11,13-17,19-20,22-26,28,31-36,38-61H2,1-3H3/b12-9-,21-18-,30-29-,37-27-. The van der Waals surface area contributed by atoms with Crippen LogP contribution in [0.25, 0.3) is 0 Å². The Morgan fingerprint density at radius 2 is 0.549 bits per heavy atom. The van der Waals surface area contributed by atoms with E-state index < -0.39 is 6.10 Å². The molecule has 0 saturated carbocycles. The van der Waals surface area contributed by atoms with Crippen molar-refractivity contribution in [1.29, 1.82) is 0 Å². The van der Waals surface area contributed by atoms with Crippen molar-refractivity contribution in [2.24, 2.45) is 0 Å². The molecule has 0 aliphatic carbocycles. The summed E-state index contributed by atoms with van der Waals surface area (Å²) in [5.41, 5.74) is 0. The lowest BCUT2D eigenvalue weighted by Crippen LogP contribution is -2.30. The second kappa shape index (κ2) is 59.9. The van der Waals surface area contributed by atoms with Crippen LogP contribution < -0.4 is 0 Å². The first-order valence-electron chi connectivity index (χ1n) is 31.1. The Morgan fingerprint density at radius 1 is 0.296 bits per heavy atom. The third kappa shape index (κ3) is 58.1. The van der Waals surface area contributed by atoms with E-state index in [2.05, 4.69) is 69.4 Å². The molecule has 6 nitrogen and oxygen atoms in total. The Balaban J connectivity index is 4.29. The third-order valence-corrected chi connectivity index (χ3v) is 13.8. The van der Waals surface area contributed by atoms with E-state index in [4.69, 9.17) is 14.2 Å². The lowest BCUT2D eigenvalue weighted by atomic mass is 10.0. The summed E-state index contributed by atoms with van der Waals surface area (Å²) in [6, 6.07) is 0.